The van der Waals surface area contributed by atoms with Crippen molar-refractivity contribution in [2.75, 3.05) is 13.2 Å². The molecule has 5 nitrogen and oxygen atoms in total. The van der Waals surface area contributed by atoms with E-state index in [1.54, 1.807) is 0 Å². The summed E-state index contributed by atoms with van der Waals surface area (Å²) < 4.78 is 10.6. The second-order valence-electron chi connectivity index (χ2n) is 14.4. The largest absolute Gasteiger partial charge is 0.462 e. The van der Waals surface area contributed by atoms with Crippen LogP contribution in [-0.4, -0.2) is 36.4 Å². The normalized spacial score (nSPS) is 13.3. The minimum Gasteiger partial charge on any atom is -0.462 e. The number of carbonyl (C=O) groups is 2. The molecule has 316 valence electrons. The molecule has 1 N–H and O–H groups in total. The standard InChI is InChI=1S/C51H82O5/c1-3-5-7-9-11-13-15-17-19-20-21-22-23-24-25-26-27-28-29-30-32-34-36-38-40-42-44-46-51(54)56-49(47-52)48-55-50(53)45-43-41-39-37-35-33-31-18-16-14-12-10-8-6-4-2/h5,7,11-14,17-19,21-22,24-25,27-28,30-32,49,52H,3-4,6,8-10,15-16,20,23,26,29,33-48H2,1-2H3/b7-5-,13-11-,14-12-,19-17-,22-21-,25-24-,28-27-,31-18-,32-30-. The number of esters is 2. The van der Waals surface area contributed by atoms with Crippen molar-refractivity contribution < 1.29 is 24.2 Å². The van der Waals surface area contributed by atoms with Crippen LogP contribution in [0.1, 0.15) is 181 Å². The first-order chi connectivity index (χ1) is 27.6. The lowest BCUT2D eigenvalue weighted by Gasteiger charge is -2.15. The van der Waals surface area contributed by atoms with E-state index in [-0.39, 0.29) is 25.2 Å². The molecule has 0 radical (unpaired) electrons. The van der Waals surface area contributed by atoms with Gasteiger partial charge in [0.25, 0.3) is 0 Å². The Bertz CT molecular complexity index is 1150. The third-order valence-electron chi connectivity index (χ3n) is 9.05. The lowest BCUT2D eigenvalue weighted by molar-refractivity contribution is -0.161. The van der Waals surface area contributed by atoms with E-state index in [1.807, 2.05) is 0 Å². The lowest BCUT2D eigenvalue weighted by Crippen LogP contribution is -2.28. The van der Waals surface area contributed by atoms with Crippen molar-refractivity contribution >= 4 is 11.9 Å². The highest BCUT2D eigenvalue weighted by atomic mass is 16.6. The molecule has 0 aromatic carbocycles. The summed E-state index contributed by atoms with van der Waals surface area (Å²) in [6, 6.07) is 0. The summed E-state index contributed by atoms with van der Waals surface area (Å²) in [6.07, 6.45) is 65.8. The van der Waals surface area contributed by atoms with Crippen molar-refractivity contribution in [3.05, 3.63) is 109 Å². The van der Waals surface area contributed by atoms with Gasteiger partial charge in [-0.05, 0) is 103 Å². The van der Waals surface area contributed by atoms with E-state index in [4.69, 9.17) is 9.47 Å². The predicted molar refractivity (Wildman–Crippen MR) is 242 cm³/mol. The van der Waals surface area contributed by atoms with Crippen LogP contribution in [0, 0.1) is 0 Å². The maximum absolute atomic E-state index is 12.2. The number of unbranched alkanes of at least 4 members (excludes halogenated alkanes) is 13. The van der Waals surface area contributed by atoms with Crippen LogP contribution < -0.4 is 0 Å². The molecule has 1 atom stereocenters. The zero-order valence-electron chi connectivity index (χ0n) is 35.8. The summed E-state index contributed by atoms with van der Waals surface area (Å²) in [5, 5.41) is 9.58. The van der Waals surface area contributed by atoms with E-state index in [9.17, 15) is 14.7 Å². The molecule has 0 aliphatic rings. The molecule has 0 fully saturated rings. The minimum atomic E-state index is -0.796. The first-order valence-corrected chi connectivity index (χ1v) is 22.4. The molecule has 0 amide bonds. The van der Waals surface area contributed by atoms with Gasteiger partial charge in [0, 0.05) is 12.8 Å². The van der Waals surface area contributed by atoms with Crippen LogP contribution in [0.4, 0.5) is 0 Å². The fourth-order valence-corrected chi connectivity index (χ4v) is 5.68. The Hall–Kier alpha value is -3.44. The third-order valence-corrected chi connectivity index (χ3v) is 9.05. The number of carbonyl (C=O) groups excluding carboxylic acids is 2. The maximum atomic E-state index is 12.2. The highest BCUT2D eigenvalue weighted by Crippen LogP contribution is 2.11. The molecule has 0 bridgehead atoms. The van der Waals surface area contributed by atoms with Gasteiger partial charge in [-0.3, -0.25) is 9.59 Å². The fraction of sp³-hybridized carbons (Fsp3) is 0.608. The van der Waals surface area contributed by atoms with Gasteiger partial charge in [-0.25, -0.2) is 0 Å². The molecule has 1 unspecified atom stereocenters. The topological polar surface area (TPSA) is 72.8 Å². The Kier molecular flexibility index (Phi) is 43.1. The predicted octanol–water partition coefficient (Wildman–Crippen LogP) is 14.6. The van der Waals surface area contributed by atoms with Gasteiger partial charge in [0.1, 0.15) is 6.61 Å². The molecule has 0 aliphatic heterocycles. The van der Waals surface area contributed by atoms with Crippen molar-refractivity contribution in [1.29, 1.82) is 0 Å². The van der Waals surface area contributed by atoms with E-state index >= 15 is 0 Å². The zero-order valence-corrected chi connectivity index (χ0v) is 35.8. The van der Waals surface area contributed by atoms with Crippen LogP contribution >= 0.6 is 0 Å². The highest BCUT2D eigenvalue weighted by Gasteiger charge is 2.16. The van der Waals surface area contributed by atoms with Gasteiger partial charge in [-0.2, -0.15) is 0 Å². The average Bonchev–Trinajstić information content (AvgIpc) is 3.20. The minimum absolute atomic E-state index is 0.0883. The molecule has 0 aromatic rings. The molecule has 0 aromatic heterocycles. The number of hydrogen-bond acceptors (Lipinski definition) is 5. The number of hydrogen-bond donors (Lipinski definition) is 1. The second kappa shape index (κ2) is 45.9. The third kappa shape index (κ3) is 43.3. The van der Waals surface area contributed by atoms with Crippen molar-refractivity contribution in [3.8, 4) is 0 Å². The molecule has 56 heavy (non-hydrogen) atoms. The SMILES string of the molecule is CC/C=C\C/C=C\C/C=C\C/C=C\C/C=C\C/C=C\C/C=C\CCCCCCCC(=O)OC(CO)COC(=O)CCCCCCC/C=C\C/C=C\CCCCC. The number of aliphatic hydroxyl groups is 1. The first-order valence-electron chi connectivity index (χ1n) is 22.4. The smallest absolute Gasteiger partial charge is 0.306 e. The van der Waals surface area contributed by atoms with Crippen molar-refractivity contribution in [2.24, 2.45) is 0 Å². The number of allylic oxidation sites excluding steroid dienone is 18. The number of rotatable bonds is 39. The zero-order chi connectivity index (χ0) is 40.7. The molecule has 0 spiro atoms. The summed E-state index contributed by atoms with van der Waals surface area (Å²) in [7, 11) is 0. The van der Waals surface area contributed by atoms with E-state index in [0.29, 0.717) is 12.8 Å². The molecular weight excluding hydrogens is 693 g/mol. The van der Waals surface area contributed by atoms with Gasteiger partial charge in [0.05, 0.1) is 6.61 Å². The van der Waals surface area contributed by atoms with Gasteiger partial charge in [0.2, 0.25) is 0 Å². The van der Waals surface area contributed by atoms with E-state index < -0.39 is 6.10 Å². The van der Waals surface area contributed by atoms with Gasteiger partial charge in [-0.15, -0.1) is 0 Å². The molecular formula is C51H82O5. The lowest BCUT2D eigenvalue weighted by atomic mass is 10.1. The summed E-state index contributed by atoms with van der Waals surface area (Å²) in [5.74, 6) is -0.639. The molecule has 0 saturated heterocycles. The van der Waals surface area contributed by atoms with Crippen LogP contribution in [0.25, 0.3) is 0 Å². The molecule has 0 rings (SSSR count). The van der Waals surface area contributed by atoms with Gasteiger partial charge >= 0.3 is 11.9 Å². The summed E-state index contributed by atoms with van der Waals surface area (Å²) >= 11 is 0. The molecule has 0 saturated carbocycles. The molecule has 0 heterocycles. The number of aliphatic hydroxyl groups excluding tert-OH is 1. The second-order valence-corrected chi connectivity index (χ2v) is 14.4. The van der Waals surface area contributed by atoms with Crippen LogP contribution in [-0.2, 0) is 19.1 Å². The Labute approximate surface area is 344 Å². The van der Waals surface area contributed by atoms with Crippen molar-refractivity contribution in [2.45, 2.75) is 187 Å². The molecule has 5 heteroatoms. The highest BCUT2D eigenvalue weighted by molar-refractivity contribution is 5.70. The first kappa shape index (κ1) is 52.6. The van der Waals surface area contributed by atoms with Crippen molar-refractivity contribution in [1.82, 2.24) is 0 Å². The monoisotopic (exact) mass is 775 g/mol. The Morgan fingerprint density at radius 3 is 1.16 bits per heavy atom. The van der Waals surface area contributed by atoms with E-state index in [1.165, 1.54) is 38.5 Å². The van der Waals surface area contributed by atoms with E-state index in [2.05, 4.69) is 123 Å². The number of ether oxygens (including phenoxy) is 2. The fourth-order valence-electron chi connectivity index (χ4n) is 5.68. The van der Waals surface area contributed by atoms with Crippen LogP contribution in [0.3, 0.4) is 0 Å². The van der Waals surface area contributed by atoms with Gasteiger partial charge in [-0.1, -0.05) is 175 Å². The quantitative estimate of drug-likeness (QED) is 0.0382. The van der Waals surface area contributed by atoms with Gasteiger partial charge < -0.3 is 14.6 Å². The Morgan fingerprint density at radius 1 is 0.429 bits per heavy atom. The van der Waals surface area contributed by atoms with E-state index in [0.717, 1.165) is 116 Å². The Balaban J connectivity index is 3.67. The summed E-state index contributed by atoms with van der Waals surface area (Å²) in [5.41, 5.74) is 0. The summed E-state index contributed by atoms with van der Waals surface area (Å²) in [6.45, 7) is 3.95. The van der Waals surface area contributed by atoms with Crippen LogP contribution in [0.5, 0.6) is 0 Å². The van der Waals surface area contributed by atoms with Gasteiger partial charge in [0.15, 0.2) is 6.10 Å². The van der Waals surface area contributed by atoms with Crippen molar-refractivity contribution in [3.63, 3.8) is 0 Å². The maximum Gasteiger partial charge on any atom is 0.306 e. The van der Waals surface area contributed by atoms with Crippen LogP contribution in [0.15, 0.2) is 109 Å². The average molecular weight is 775 g/mol. The van der Waals surface area contributed by atoms with Crippen LogP contribution in [0.2, 0.25) is 0 Å². The summed E-state index contributed by atoms with van der Waals surface area (Å²) in [4.78, 5) is 24.3. The Morgan fingerprint density at radius 2 is 0.768 bits per heavy atom. The molecule has 0 aliphatic carbocycles.